The Balaban J connectivity index is 2.80. The van der Waals surface area contributed by atoms with E-state index in [4.69, 9.17) is 0 Å². The van der Waals surface area contributed by atoms with Crippen molar-refractivity contribution in [3.63, 3.8) is 0 Å². The van der Waals surface area contributed by atoms with E-state index in [0.29, 0.717) is 0 Å². The second-order valence-corrected chi connectivity index (χ2v) is 4.22. The van der Waals surface area contributed by atoms with Crippen molar-refractivity contribution in [2.24, 2.45) is 0 Å². The predicted octanol–water partition coefficient (Wildman–Crippen LogP) is 5.12. The molecule has 1 rings (SSSR count). The Kier molecular flexibility index (Phi) is 4.92. The lowest BCUT2D eigenvalue weighted by Gasteiger charge is -2.15. The average Bonchev–Trinajstić information content (AvgIpc) is 2.28. The molecule has 1 unspecified atom stereocenters. The Morgan fingerprint density at radius 3 is 1.95 bits per heavy atom. The Morgan fingerprint density at radius 1 is 1.05 bits per heavy atom. The molecule has 0 aliphatic rings. The summed E-state index contributed by atoms with van der Waals surface area (Å²) in [6, 6.07) is 3.64. The van der Waals surface area contributed by atoms with Gasteiger partial charge in [-0.3, -0.25) is 4.18 Å². The molecule has 0 bridgehead atoms. The van der Waals surface area contributed by atoms with Crippen LogP contribution in [0.25, 0.3) is 0 Å². The van der Waals surface area contributed by atoms with Crippen molar-refractivity contribution < 1.29 is 30.5 Å². The fourth-order valence-corrected chi connectivity index (χ4v) is 1.60. The second-order valence-electron chi connectivity index (χ2n) is 3.40. The molecule has 0 spiro atoms. The van der Waals surface area contributed by atoms with E-state index >= 15 is 0 Å². The first kappa shape index (κ1) is 15.9. The molecule has 1 aromatic rings. The highest BCUT2D eigenvalue weighted by atomic mass is 32.2. The molecule has 19 heavy (non-hydrogen) atoms. The van der Waals surface area contributed by atoms with Gasteiger partial charge >= 0.3 is 11.7 Å². The molecule has 1 aromatic carbocycles. The van der Waals surface area contributed by atoms with Crippen LogP contribution in [0.5, 0.6) is 0 Å². The zero-order valence-electron chi connectivity index (χ0n) is 9.26. The minimum Gasteiger partial charge on any atom is -0.295 e. The zero-order chi connectivity index (χ0) is 14.7. The lowest BCUT2D eigenvalue weighted by molar-refractivity contribution is -0.137. The molecule has 0 fully saturated rings. The topological polar surface area (TPSA) is 9.23 Å². The molecule has 0 aliphatic heterocycles. The molecule has 8 heteroatoms. The molecular formula is C11H8F6OS. The molecule has 0 heterocycles. The van der Waals surface area contributed by atoms with Crippen molar-refractivity contribution in [1.82, 2.24) is 0 Å². The molecule has 106 valence electrons. The van der Waals surface area contributed by atoms with Crippen LogP contribution >= 0.6 is 12.0 Å². The molecule has 0 amide bonds. The Bertz CT molecular complexity index is 422. The highest BCUT2D eigenvalue weighted by molar-refractivity contribution is 7.95. The monoisotopic (exact) mass is 302 g/mol. The van der Waals surface area contributed by atoms with Crippen molar-refractivity contribution in [3.8, 4) is 0 Å². The smallest absolute Gasteiger partial charge is 0.295 e. The number of benzene rings is 1. The van der Waals surface area contributed by atoms with Gasteiger partial charge in [0, 0.05) is 0 Å². The van der Waals surface area contributed by atoms with Crippen LogP contribution in [0.2, 0.25) is 0 Å². The second kappa shape index (κ2) is 5.87. The zero-order valence-corrected chi connectivity index (χ0v) is 10.1. The number of alkyl halides is 6. The third-order valence-corrected chi connectivity index (χ3v) is 2.52. The number of hydrogen-bond donors (Lipinski definition) is 0. The van der Waals surface area contributed by atoms with E-state index in [1.807, 2.05) is 0 Å². The van der Waals surface area contributed by atoms with Crippen molar-refractivity contribution in [1.29, 1.82) is 0 Å². The van der Waals surface area contributed by atoms with E-state index in [-0.39, 0.29) is 5.56 Å². The van der Waals surface area contributed by atoms with E-state index in [0.717, 1.165) is 30.3 Å². The molecule has 0 saturated carbocycles. The molecule has 0 aromatic heterocycles. The Morgan fingerprint density at radius 2 is 1.58 bits per heavy atom. The summed E-state index contributed by atoms with van der Waals surface area (Å²) >= 11 is -0.723. The normalized spacial score (nSPS) is 14.2. The molecule has 0 radical (unpaired) electrons. The Hall–Kier alpha value is -1.15. The summed E-state index contributed by atoms with van der Waals surface area (Å²) in [5, 5.41) is 0. The summed E-state index contributed by atoms with van der Waals surface area (Å²) in [6.07, 6.45) is -4.57. The van der Waals surface area contributed by atoms with Crippen LogP contribution < -0.4 is 0 Å². The number of hydrogen-bond acceptors (Lipinski definition) is 2. The summed E-state index contributed by atoms with van der Waals surface area (Å²) in [4.78, 5) is 0. The van der Waals surface area contributed by atoms with Crippen LogP contribution in [0.4, 0.5) is 26.3 Å². The van der Waals surface area contributed by atoms with Gasteiger partial charge in [0.15, 0.2) is 0 Å². The molecule has 1 atom stereocenters. The van der Waals surface area contributed by atoms with Crippen LogP contribution in [-0.2, 0) is 10.4 Å². The third-order valence-electron chi connectivity index (χ3n) is 2.03. The van der Waals surface area contributed by atoms with Gasteiger partial charge in [0.05, 0.1) is 5.56 Å². The van der Waals surface area contributed by atoms with Crippen molar-refractivity contribution >= 4 is 12.0 Å². The minimum atomic E-state index is -4.59. The van der Waals surface area contributed by atoms with Gasteiger partial charge in [-0.05, 0) is 17.7 Å². The summed E-state index contributed by atoms with van der Waals surface area (Å²) in [7, 11) is 0. The molecule has 0 N–H and O–H groups in total. The van der Waals surface area contributed by atoms with Crippen LogP contribution in [0, 0.1) is 0 Å². The lowest BCUT2D eigenvalue weighted by Crippen LogP contribution is -2.07. The quantitative estimate of drug-likeness (QED) is 0.434. The van der Waals surface area contributed by atoms with Crippen LogP contribution in [0.15, 0.2) is 36.9 Å². The van der Waals surface area contributed by atoms with Crippen LogP contribution in [0.1, 0.15) is 17.2 Å². The maximum absolute atomic E-state index is 12.3. The average molecular weight is 302 g/mol. The van der Waals surface area contributed by atoms with Crippen LogP contribution in [-0.4, -0.2) is 5.51 Å². The maximum Gasteiger partial charge on any atom is 0.468 e. The van der Waals surface area contributed by atoms with Gasteiger partial charge in [-0.25, -0.2) is 0 Å². The minimum absolute atomic E-state index is 0.153. The van der Waals surface area contributed by atoms with Gasteiger partial charge in [0.1, 0.15) is 18.1 Å². The highest BCUT2D eigenvalue weighted by Crippen LogP contribution is 2.37. The van der Waals surface area contributed by atoms with Gasteiger partial charge in [-0.2, -0.15) is 26.3 Å². The fourth-order valence-electron chi connectivity index (χ4n) is 1.20. The SMILES string of the molecule is C=CC(OSC(F)(F)F)c1ccc(C(F)(F)F)cc1. The van der Waals surface area contributed by atoms with Gasteiger partial charge < -0.3 is 0 Å². The van der Waals surface area contributed by atoms with E-state index < -0.39 is 35.4 Å². The van der Waals surface area contributed by atoms with Gasteiger partial charge in [-0.15, -0.1) is 6.58 Å². The van der Waals surface area contributed by atoms with E-state index in [9.17, 15) is 26.3 Å². The van der Waals surface area contributed by atoms with Crippen molar-refractivity contribution in [2.45, 2.75) is 17.8 Å². The molecule has 0 aliphatic carbocycles. The summed E-state index contributed by atoms with van der Waals surface area (Å²) in [5.41, 5.74) is -5.32. The third kappa shape index (κ3) is 5.15. The first-order valence-corrected chi connectivity index (χ1v) is 5.58. The number of halogens is 6. The van der Waals surface area contributed by atoms with Crippen LogP contribution in [0.3, 0.4) is 0 Å². The van der Waals surface area contributed by atoms with E-state index in [1.165, 1.54) is 0 Å². The fraction of sp³-hybridized carbons (Fsp3) is 0.273. The highest BCUT2D eigenvalue weighted by Gasteiger charge is 2.32. The summed E-state index contributed by atoms with van der Waals surface area (Å²) in [6.45, 7) is 3.28. The van der Waals surface area contributed by atoms with Crippen molar-refractivity contribution in [3.05, 3.63) is 48.0 Å². The first-order valence-electron chi connectivity index (χ1n) is 4.84. The predicted molar refractivity (Wildman–Crippen MR) is 59.1 cm³/mol. The largest absolute Gasteiger partial charge is 0.468 e. The first-order chi connectivity index (χ1) is 8.63. The van der Waals surface area contributed by atoms with E-state index in [2.05, 4.69) is 10.8 Å². The molecular weight excluding hydrogens is 294 g/mol. The number of rotatable bonds is 4. The molecule has 0 saturated heterocycles. The molecule has 1 nitrogen and oxygen atoms in total. The maximum atomic E-state index is 12.3. The Labute approximate surface area is 109 Å². The summed E-state index contributed by atoms with van der Waals surface area (Å²) < 4.78 is 77.2. The standard InChI is InChI=1S/C11H8F6OS/c1-2-9(18-19-11(15,16)17)7-3-5-8(6-4-7)10(12,13)14/h2-6,9H,1H2. The van der Waals surface area contributed by atoms with Gasteiger partial charge in [0.2, 0.25) is 0 Å². The lowest BCUT2D eigenvalue weighted by atomic mass is 10.1. The van der Waals surface area contributed by atoms with Gasteiger partial charge in [0.25, 0.3) is 0 Å². The van der Waals surface area contributed by atoms with Gasteiger partial charge in [-0.1, -0.05) is 18.2 Å². The van der Waals surface area contributed by atoms with Crippen molar-refractivity contribution in [2.75, 3.05) is 0 Å². The summed E-state index contributed by atoms with van der Waals surface area (Å²) in [5.74, 6) is 0. The van der Waals surface area contributed by atoms with E-state index in [1.54, 1.807) is 0 Å².